The van der Waals surface area contributed by atoms with Crippen LogP contribution in [0.15, 0.2) is 12.2 Å². The average molecular weight is 964 g/mol. The molecule has 2 heterocycles. The van der Waals surface area contributed by atoms with Crippen LogP contribution in [0.2, 0.25) is 0 Å². The molecule has 0 spiro atoms. The molecule has 1 amide bonds. The van der Waals surface area contributed by atoms with Gasteiger partial charge in [-0.05, 0) is 25.7 Å². The smallest absolute Gasteiger partial charge is 0.249 e. The van der Waals surface area contributed by atoms with Crippen LogP contribution < -0.4 is 5.32 Å². The van der Waals surface area contributed by atoms with Crippen molar-refractivity contribution in [2.45, 2.75) is 286 Å². The van der Waals surface area contributed by atoms with E-state index in [1.54, 1.807) is 6.08 Å². The lowest BCUT2D eigenvalue weighted by molar-refractivity contribution is -0.331. The third kappa shape index (κ3) is 25.6. The van der Waals surface area contributed by atoms with Gasteiger partial charge < -0.3 is 75.3 Å². The lowest BCUT2D eigenvalue weighted by atomic mass is 9.98. The van der Waals surface area contributed by atoms with Gasteiger partial charge in [0.25, 0.3) is 0 Å². The largest absolute Gasteiger partial charge is 0.394 e. The van der Waals surface area contributed by atoms with E-state index in [-0.39, 0.29) is 12.8 Å². The van der Waals surface area contributed by atoms with Crippen LogP contribution in [0.25, 0.3) is 0 Å². The Labute approximate surface area is 402 Å². The number of hydrogen-bond donors (Lipinski definition) is 11. The maximum absolute atomic E-state index is 13.3. The summed E-state index contributed by atoms with van der Waals surface area (Å²) < 4.78 is 22.3. The van der Waals surface area contributed by atoms with E-state index in [9.17, 15) is 55.9 Å². The SMILES string of the molecule is CCCCCCCCCCC/C=C/C[C@@H](O)[C@@H](O)[C@H](CO[C@@H]1OC(CO[C@H]2OC(CO)[C@H](O)C(O)C2O)[C@@H](O)C(O)C1O)NC(=O)[C@H](O)CCCCCCCCCCCCCCCCCCC. The molecule has 16 heteroatoms. The first-order chi connectivity index (χ1) is 32.4. The quantitative estimate of drug-likeness (QED) is 0.0281. The summed E-state index contributed by atoms with van der Waals surface area (Å²) in [4.78, 5) is 13.3. The fourth-order valence-corrected chi connectivity index (χ4v) is 8.82. The monoisotopic (exact) mass is 964 g/mol. The van der Waals surface area contributed by atoms with Crippen molar-refractivity contribution in [1.82, 2.24) is 5.32 Å². The van der Waals surface area contributed by atoms with Crippen molar-refractivity contribution in [2.75, 3.05) is 19.8 Å². The van der Waals surface area contributed by atoms with Crippen molar-refractivity contribution >= 4 is 5.91 Å². The lowest BCUT2D eigenvalue weighted by Crippen LogP contribution is -2.62. The molecule has 2 aliphatic heterocycles. The van der Waals surface area contributed by atoms with Crippen LogP contribution in [-0.4, -0.2) is 163 Å². The number of amides is 1. The number of rotatable bonds is 41. The van der Waals surface area contributed by atoms with Crippen molar-refractivity contribution in [1.29, 1.82) is 0 Å². The van der Waals surface area contributed by atoms with E-state index in [0.717, 1.165) is 44.9 Å². The highest BCUT2D eigenvalue weighted by atomic mass is 16.7. The molecule has 0 saturated carbocycles. The van der Waals surface area contributed by atoms with E-state index in [1.165, 1.54) is 122 Å². The molecule has 0 bridgehead atoms. The first-order valence-corrected chi connectivity index (χ1v) is 26.6. The van der Waals surface area contributed by atoms with Gasteiger partial charge >= 0.3 is 0 Å². The van der Waals surface area contributed by atoms with Gasteiger partial charge in [-0.3, -0.25) is 4.79 Å². The van der Waals surface area contributed by atoms with E-state index in [1.807, 2.05) is 6.08 Å². The Bertz CT molecular complexity index is 1220. The van der Waals surface area contributed by atoms with Gasteiger partial charge in [-0.2, -0.15) is 0 Å². The minimum absolute atomic E-state index is 0.0671. The zero-order chi connectivity index (χ0) is 49.2. The maximum Gasteiger partial charge on any atom is 0.249 e. The first kappa shape index (κ1) is 61.8. The molecule has 2 aliphatic rings. The maximum atomic E-state index is 13.3. The normalized spacial score (nSPS) is 27.6. The second kappa shape index (κ2) is 38.3. The molecule has 0 aromatic rings. The van der Waals surface area contributed by atoms with Crippen molar-refractivity contribution in [3.8, 4) is 0 Å². The van der Waals surface area contributed by atoms with Gasteiger partial charge in [-0.25, -0.2) is 0 Å². The summed E-state index contributed by atoms with van der Waals surface area (Å²) >= 11 is 0. The van der Waals surface area contributed by atoms with E-state index >= 15 is 0 Å². The molecule has 14 atom stereocenters. The van der Waals surface area contributed by atoms with Crippen molar-refractivity contribution < 1.29 is 74.8 Å². The summed E-state index contributed by atoms with van der Waals surface area (Å²) in [6, 6.07) is -1.30. The minimum atomic E-state index is -1.83. The Hall–Kier alpha value is -1.35. The molecule has 0 radical (unpaired) electrons. The summed E-state index contributed by atoms with van der Waals surface area (Å²) in [5.41, 5.74) is 0. The van der Waals surface area contributed by atoms with Crippen LogP contribution in [0.4, 0.5) is 0 Å². The Morgan fingerprint density at radius 2 is 0.955 bits per heavy atom. The van der Waals surface area contributed by atoms with Gasteiger partial charge in [0.2, 0.25) is 5.91 Å². The van der Waals surface area contributed by atoms with Gasteiger partial charge in [0.1, 0.15) is 61.0 Å². The third-order valence-corrected chi connectivity index (χ3v) is 13.4. The number of aliphatic hydroxyl groups is 10. The van der Waals surface area contributed by atoms with Crippen molar-refractivity contribution in [3.63, 3.8) is 0 Å². The highest BCUT2D eigenvalue weighted by Gasteiger charge is 2.48. The molecule has 6 unspecified atom stereocenters. The first-order valence-electron chi connectivity index (χ1n) is 26.6. The third-order valence-electron chi connectivity index (χ3n) is 13.4. The predicted molar refractivity (Wildman–Crippen MR) is 257 cm³/mol. The highest BCUT2D eigenvalue weighted by molar-refractivity contribution is 5.80. The molecular weight excluding hydrogens is 867 g/mol. The molecule has 0 aromatic heterocycles. The zero-order valence-electron chi connectivity index (χ0n) is 41.4. The van der Waals surface area contributed by atoms with Gasteiger partial charge in [-0.1, -0.05) is 187 Å². The summed E-state index contributed by atoms with van der Waals surface area (Å²) in [5, 5.41) is 108. The predicted octanol–water partition coefficient (Wildman–Crippen LogP) is 5.10. The molecule has 11 N–H and O–H groups in total. The number of aliphatic hydroxyl groups excluding tert-OH is 10. The number of nitrogens with one attached hydrogen (secondary N) is 1. The highest BCUT2D eigenvalue weighted by Crippen LogP contribution is 2.27. The van der Waals surface area contributed by atoms with E-state index in [2.05, 4.69) is 19.2 Å². The van der Waals surface area contributed by atoms with Crippen LogP contribution >= 0.6 is 0 Å². The van der Waals surface area contributed by atoms with Crippen LogP contribution in [0.1, 0.15) is 200 Å². The van der Waals surface area contributed by atoms with Gasteiger partial charge in [0, 0.05) is 0 Å². The molecule has 67 heavy (non-hydrogen) atoms. The van der Waals surface area contributed by atoms with Gasteiger partial charge in [0.05, 0.1) is 32.0 Å². The standard InChI is InChI=1S/C51H97NO15/c1-3-5-7-9-11-13-15-17-18-19-20-21-23-25-27-29-31-33-39(55)49(63)52-37(42(56)38(54)32-30-28-26-24-22-16-14-12-10-8-6-4-2)35-64-50-48(62)46(60)44(58)41(67-50)36-65-51-47(61)45(59)43(57)40(34-53)66-51/h28,30,37-48,50-51,53-62H,3-27,29,31-36H2,1-2H3,(H,52,63)/b30-28+/t37-,38+,39+,40?,41?,42-,43-,44+,45?,46?,47?,48?,50+,51-/m0/s1. The summed E-state index contributed by atoms with van der Waals surface area (Å²) in [5.74, 6) is -0.774. The molecule has 0 aliphatic carbocycles. The number of allylic oxidation sites excluding steroid dienone is 1. The Morgan fingerprint density at radius 1 is 0.537 bits per heavy atom. The second-order valence-electron chi connectivity index (χ2n) is 19.3. The summed E-state index contributed by atoms with van der Waals surface area (Å²) in [7, 11) is 0. The number of hydrogen-bond acceptors (Lipinski definition) is 15. The van der Waals surface area contributed by atoms with E-state index in [4.69, 9.17) is 18.9 Å². The van der Waals surface area contributed by atoms with Crippen LogP contribution in [0.5, 0.6) is 0 Å². The molecular formula is C51H97NO15. The van der Waals surface area contributed by atoms with Crippen LogP contribution in [0.3, 0.4) is 0 Å². The number of ether oxygens (including phenoxy) is 4. The van der Waals surface area contributed by atoms with Crippen molar-refractivity contribution in [2.24, 2.45) is 0 Å². The zero-order valence-corrected chi connectivity index (χ0v) is 41.4. The molecule has 396 valence electrons. The average Bonchev–Trinajstić information content (AvgIpc) is 3.32. The second-order valence-corrected chi connectivity index (χ2v) is 19.3. The topological polar surface area (TPSA) is 268 Å². The molecule has 16 nitrogen and oxygen atoms in total. The van der Waals surface area contributed by atoms with Gasteiger partial charge in [0.15, 0.2) is 12.6 Å². The molecule has 2 saturated heterocycles. The number of carbonyl (C=O) groups is 1. The lowest BCUT2D eigenvalue weighted by Gasteiger charge is -2.43. The fourth-order valence-electron chi connectivity index (χ4n) is 8.82. The summed E-state index contributed by atoms with van der Waals surface area (Å²) in [6.45, 7) is 2.63. The molecule has 0 aromatic carbocycles. The Balaban J connectivity index is 1.89. The summed E-state index contributed by atoms with van der Waals surface area (Å²) in [6.07, 6.45) is 15.6. The van der Waals surface area contributed by atoms with Crippen molar-refractivity contribution in [3.05, 3.63) is 12.2 Å². The van der Waals surface area contributed by atoms with E-state index < -0.39 is 111 Å². The molecule has 2 fully saturated rings. The van der Waals surface area contributed by atoms with Crippen LogP contribution in [0, 0.1) is 0 Å². The fraction of sp³-hybridized carbons (Fsp3) is 0.941. The van der Waals surface area contributed by atoms with Crippen LogP contribution in [-0.2, 0) is 23.7 Å². The van der Waals surface area contributed by atoms with Gasteiger partial charge in [-0.15, -0.1) is 0 Å². The van der Waals surface area contributed by atoms with E-state index in [0.29, 0.717) is 6.42 Å². The molecule has 2 rings (SSSR count). The number of unbranched alkanes of at least 4 members (excludes halogenated alkanes) is 25. The Morgan fingerprint density at radius 3 is 1.43 bits per heavy atom. The Kier molecular flexibility index (Phi) is 35.3. The number of carbonyl (C=O) groups excluding carboxylic acids is 1. The minimum Gasteiger partial charge on any atom is -0.394 e.